The third-order valence-electron chi connectivity index (χ3n) is 6.58. The Labute approximate surface area is 217 Å². The summed E-state index contributed by atoms with van der Waals surface area (Å²) >= 11 is 0. The molecule has 7 nitrogen and oxygen atoms in total. The van der Waals surface area contributed by atoms with Gasteiger partial charge in [0, 0.05) is 48.0 Å². The molecular weight excluding hydrogens is 495 g/mol. The van der Waals surface area contributed by atoms with Crippen LogP contribution in [0.4, 0.5) is 13.2 Å². The fraction of sp³-hybridized carbons (Fsp3) is 0.286. The molecule has 3 aromatic heterocycles. The minimum absolute atomic E-state index is 0.0153. The van der Waals surface area contributed by atoms with Crippen LogP contribution in [-0.2, 0) is 19.2 Å². The van der Waals surface area contributed by atoms with Gasteiger partial charge in [-0.1, -0.05) is 30.2 Å². The van der Waals surface area contributed by atoms with Crippen molar-refractivity contribution in [2.24, 2.45) is 0 Å². The first-order chi connectivity index (χ1) is 18.3. The Morgan fingerprint density at radius 1 is 1.16 bits per heavy atom. The highest BCUT2D eigenvalue weighted by Gasteiger charge is 2.31. The van der Waals surface area contributed by atoms with E-state index in [0.717, 1.165) is 49.1 Å². The van der Waals surface area contributed by atoms with Gasteiger partial charge in [0.25, 0.3) is 0 Å². The van der Waals surface area contributed by atoms with Crippen molar-refractivity contribution in [2.75, 3.05) is 6.54 Å². The van der Waals surface area contributed by atoms with Gasteiger partial charge in [-0.3, -0.25) is 19.2 Å². The number of aromatic nitrogens is 4. The summed E-state index contributed by atoms with van der Waals surface area (Å²) in [6.45, 7) is 2.36. The molecule has 1 atom stereocenters. The van der Waals surface area contributed by atoms with Crippen molar-refractivity contribution in [3.05, 3.63) is 83.3 Å². The normalized spacial score (nSPS) is 15.5. The minimum atomic E-state index is -4.50. The molecule has 0 aliphatic carbocycles. The van der Waals surface area contributed by atoms with Crippen LogP contribution in [0.15, 0.2) is 55.0 Å². The molecule has 0 spiro atoms. The van der Waals surface area contributed by atoms with Gasteiger partial charge in [-0.2, -0.15) is 13.2 Å². The number of nitrogens with zero attached hydrogens (tertiary/aromatic N) is 5. The summed E-state index contributed by atoms with van der Waals surface area (Å²) < 4.78 is 41.0. The third-order valence-corrected chi connectivity index (χ3v) is 6.58. The number of benzene rings is 1. The molecule has 0 bridgehead atoms. The molecule has 1 aromatic carbocycles. The molecule has 0 unspecified atom stereocenters. The summed E-state index contributed by atoms with van der Waals surface area (Å²) in [5.41, 5.74) is 2.04. The summed E-state index contributed by atoms with van der Waals surface area (Å²) in [4.78, 5) is 28.1. The highest BCUT2D eigenvalue weighted by atomic mass is 19.4. The maximum Gasteiger partial charge on any atom is 0.416 e. The lowest BCUT2D eigenvalue weighted by Crippen LogP contribution is -2.19. The van der Waals surface area contributed by atoms with Crippen molar-refractivity contribution in [1.82, 2.24) is 24.3 Å². The van der Waals surface area contributed by atoms with E-state index in [1.807, 2.05) is 10.6 Å². The molecule has 38 heavy (non-hydrogen) atoms. The van der Waals surface area contributed by atoms with Gasteiger partial charge in [-0.05, 0) is 31.9 Å². The largest absolute Gasteiger partial charge is 0.416 e. The van der Waals surface area contributed by atoms with Crippen molar-refractivity contribution in [1.29, 1.82) is 0 Å². The Hall–Kier alpha value is -4.23. The van der Waals surface area contributed by atoms with Gasteiger partial charge in [0.05, 0.1) is 41.5 Å². The smallest absolute Gasteiger partial charge is 0.390 e. The number of ketones is 1. The van der Waals surface area contributed by atoms with Crippen molar-refractivity contribution in [3.63, 3.8) is 0 Å². The number of aliphatic hydroxyl groups is 1. The first-order valence-electron chi connectivity index (χ1n) is 12.1. The van der Waals surface area contributed by atoms with Crippen LogP contribution in [0.1, 0.15) is 58.9 Å². The second-order valence-electron chi connectivity index (χ2n) is 8.99. The highest BCUT2D eigenvalue weighted by Crippen LogP contribution is 2.35. The Balaban J connectivity index is 1.47. The predicted octanol–water partition coefficient (Wildman–Crippen LogP) is 4.85. The summed E-state index contributed by atoms with van der Waals surface area (Å²) in [5.74, 6) is 3.40. The van der Waals surface area contributed by atoms with Gasteiger partial charge >= 0.3 is 6.18 Å². The lowest BCUT2D eigenvalue weighted by molar-refractivity contribution is -0.137. The van der Waals surface area contributed by atoms with Crippen LogP contribution >= 0.6 is 0 Å². The summed E-state index contributed by atoms with van der Waals surface area (Å²) in [5, 5.41) is 9.99. The number of pyridine rings is 1. The van der Waals surface area contributed by atoms with Crippen molar-refractivity contribution in [2.45, 2.75) is 45.0 Å². The molecule has 4 aromatic rings. The van der Waals surface area contributed by atoms with Crippen molar-refractivity contribution >= 4 is 11.3 Å². The second-order valence-corrected chi connectivity index (χ2v) is 8.99. The average molecular weight is 520 g/mol. The lowest BCUT2D eigenvalue weighted by atomic mass is 10.0. The summed E-state index contributed by atoms with van der Waals surface area (Å²) in [6, 6.07) is 11.6. The van der Waals surface area contributed by atoms with E-state index in [9.17, 15) is 23.1 Å². The van der Waals surface area contributed by atoms with Crippen LogP contribution in [0.25, 0.3) is 16.8 Å². The van der Waals surface area contributed by atoms with E-state index in [1.54, 1.807) is 37.4 Å². The molecule has 1 N–H and O–H groups in total. The molecule has 1 fully saturated rings. The summed E-state index contributed by atoms with van der Waals surface area (Å²) in [6.07, 6.45) is 1.61. The predicted molar refractivity (Wildman–Crippen MR) is 134 cm³/mol. The fourth-order valence-corrected chi connectivity index (χ4v) is 4.82. The number of halogens is 3. The highest BCUT2D eigenvalue weighted by molar-refractivity contribution is 5.98. The zero-order valence-corrected chi connectivity index (χ0v) is 20.5. The Morgan fingerprint density at radius 2 is 1.95 bits per heavy atom. The molecule has 0 radical (unpaired) electrons. The number of hydrogen-bond donors (Lipinski definition) is 1. The van der Waals surface area contributed by atoms with Crippen LogP contribution in [0.2, 0.25) is 0 Å². The molecule has 1 aliphatic rings. The van der Waals surface area contributed by atoms with E-state index >= 15 is 0 Å². The number of likely N-dealkylation sites (tertiary alicyclic amines) is 1. The zero-order valence-electron chi connectivity index (χ0n) is 20.5. The van der Waals surface area contributed by atoms with Crippen LogP contribution in [0.3, 0.4) is 0 Å². The maximum absolute atomic E-state index is 13.0. The Kier molecular flexibility index (Phi) is 6.87. The first kappa shape index (κ1) is 25.4. The Bertz CT molecular complexity index is 1550. The molecule has 10 heteroatoms. The number of alkyl halides is 3. The fourth-order valence-electron chi connectivity index (χ4n) is 4.82. The number of imidazole rings is 1. The van der Waals surface area contributed by atoms with E-state index in [1.165, 1.54) is 0 Å². The maximum atomic E-state index is 13.0. The summed E-state index contributed by atoms with van der Waals surface area (Å²) in [7, 11) is 0. The van der Waals surface area contributed by atoms with E-state index in [4.69, 9.17) is 4.98 Å². The third kappa shape index (κ3) is 4.85. The topological polar surface area (TPSA) is 83.6 Å². The van der Waals surface area contributed by atoms with E-state index in [-0.39, 0.29) is 30.5 Å². The number of rotatable bonds is 6. The van der Waals surface area contributed by atoms with Gasteiger partial charge in [0.1, 0.15) is 5.82 Å². The molecule has 5 rings (SSSR count). The second kappa shape index (κ2) is 10.3. The average Bonchev–Trinajstić information content (AvgIpc) is 3.53. The molecule has 4 heterocycles. The van der Waals surface area contributed by atoms with Gasteiger partial charge in [0.2, 0.25) is 0 Å². The van der Waals surface area contributed by atoms with Gasteiger partial charge in [0.15, 0.2) is 5.78 Å². The first-order valence-corrected chi connectivity index (χ1v) is 12.1. The monoisotopic (exact) mass is 519 g/mol. The minimum Gasteiger partial charge on any atom is -0.390 e. The molecular formula is C28H24F3N5O2. The Morgan fingerprint density at radius 3 is 2.66 bits per heavy atom. The lowest BCUT2D eigenvalue weighted by Gasteiger charge is -2.19. The van der Waals surface area contributed by atoms with Crippen LogP contribution in [0, 0.1) is 12.0 Å². The van der Waals surface area contributed by atoms with E-state index in [0.29, 0.717) is 22.5 Å². The molecule has 1 saturated heterocycles. The zero-order chi connectivity index (χ0) is 26.9. The van der Waals surface area contributed by atoms with Crippen LogP contribution < -0.4 is 0 Å². The van der Waals surface area contributed by atoms with E-state index < -0.39 is 11.7 Å². The molecule has 1 aliphatic heterocycles. The standard InChI is InChI=1S/C28H24F3N5O2/c1-2-12-35-13-3-4-23(35)27-34-25(26-22(17-37)33-11-14-36(26)27)19-7-5-18(6-8-19)24(38)16-21-15-20(9-10-32-21)28(29,30)31/h5-11,14-15,23,37H,3-4,13,16-17H2,1H3/t23-/m0/s1. The van der Waals surface area contributed by atoms with Crippen molar-refractivity contribution < 1.29 is 23.1 Å². The van der Waals surface area contributed by atoms with E-state index in [2.05, 4.69) is 26.8 Å². The quantitative estimate of drug-likeness (QED) is 0.290. The number of fused-ring (bicyclic) bond motifs is 1. The van der Waals surface area contributed by atoms with Gasteiger partial charge in [-0.15, -0.1) is 0 Å². The number of aliphatic hydroxyl groups excluding tert-OH is 1. The van der Waals surface area contributed by atoms with Crippen LogP contribution in [-0.4, -0.2) is 41.7 Å². The number of Topliss-reactive ketones (excluding diaryl/α,β-unsaturated/α-hetero) is 1. The van der Waals surface area contributed by atoms with Crippen molar-refractivity contribution in [3.8, 4) is 23.2 Å². The SMILES string of the molecule is CC#CN1CCC[C@H]1c1nc(-c2ccc(C(=O)Cc3cc(C(F)(F)F)ccn3)cc2)c2c(CO)nccn12. The van der Waals surface area contributed by atoms with Gasteiger partial charge in [-0.25, -0.2) is 4.98 Å². The number of hydrogen-bond acceptors (Lipinski definition) is 6. The molecule has 194 valence electrons. The van der Waals surface area contributed by atoms with Crippen LogP contribution in [0.5, 0.6) is 0 Å². The number of carbonyl (C=O) groups is 1. The number of carbonyl (C=O) groups excluding carboxylic acids is 1. The molecule has 0 saturated carbocycles. The molecule has 0 amide bonds. The van der Waals surface area contributed by atoms with Gasteiger partial charge < -0.3 is 10.0 Å².